The third-order valence-corrected chi connectivity index (χ3v) is 3.43. The second kappa shape index (κ2) is 8.98. The van der Waals surface area contributed by atoms with Crippen molar-refractivity contribution in [3.63, 3.8) is 0 Å². The van der Waals surface area contributed by atoms with Crippen LogP contribution in [-0.4, -0.2) is 33.4 Å². The topological polar surface area (TPSA) is 24.5 Å². The number of ether oxygens (including phenoxy) is 1. The summed E-state index contributed by atoms with van der Waals surface area (Å²) in [5.41, 5.74) is 4.01. The van der Waals surface area contributed by atoms with E-state index in [9.17, 15) is 0 Å². The van der Waals surface area contributed by atoms with Gasteiger partial charge in [-0.2, -0.15) is 0 Å². The Kier molecular flexibility index (Phi) is 7.63. The summed E-state index contributed by atoms with van der Waals surface area (Å²) in [5.74, 6) is 0.694. The normalized spacial score (nSPS) is 11.1. The molecular formula is C17H30N2O. The van der Waals surface area contributed by atoms with Gasteiger partial charge in [-0.1, -0.05) is 26.0 Å². The second-order valence-electron chi connectivity index (χ2n) is 5.72. The van der Waals surface area contributed by atoms with Gasteiger partial charge in [-0.25, -0.2) is 0 Å². The Morgan fingerprint density at radius 1 is 1.30 bits per heavy atom. The summed E-state index contributed by atoms with van der Waals surface area (Å²) < 4.78 is 5.18. The molecule has 1 rings (SSSR count). The Balaban J connectivity index is 2.66. The lowest BCUT2D eigenvalue weighted by molar-refractivity contribution is 0.205. The summed E-state index contributed by atoms with van der Waals surface area (Å²) in [7, 11) is 1.75. The van der Waals surface area contributed by atoms with Crippen LogP contribution in [-0.2, 0) is 11.3 Å². The van der Waals surface area contributed by atoms with Gasteiger partial charge in [-0.3, -0.25) is 0 Å². The van der Waals surface area contributed by atoms with Gasteiger partial charge >= 0.3 is 0 Å². The SMILES string of the molecule is CCN(CCOC)c1ccc(CNCC(C)C)cc1C. The van der Waals surface area contributed by atoms with Gasteiger partial charge in [0.1, 0.15) is 0 Å². The number of rotatable bonds is 9. The molecule has 0 aromatic heterocycles. The molecule has 20 heavy (non-hydrogen) atoms. The van der Waals surface area contributed by atoms with Gasteiger partial charge in [0.25, 0.3) is 0 Å². The lowest BCUT2D eigenvalue weighted by Crippen LogP contribution is -2.27. The lowest BCUT2D eigenvalue weighted by atomic mass is 10.1. The van der Waals surface area contributed by atoms with E-state index in [1.165, 1.54) is 16.8 Å². The Morgan fingerprint density at radius 2 is 2.05 bits per heavy atom. The molecular weight excluding hydrogens is 248 g/mol. The Morgan fingerprint density at radius 3 is 2.60 bits per heavy atom. The smallest absolute Gasteiger partial charge is 0.0637 e. The van der Waals surface area contributed by atoms with Crippen LogP contribution in [0.15, 0.2) is 18.2 Å². The van der Waals surface area contributed by atoms with Crippen LogP contribution in [0.5, 0.6) is 0 Å². The summed E-state index contributed by atoms with van der Waals surface area (Å²) in [6.07, 6.45) is 0. The number of hydrogen-bond acceptors (Lipinski definition) is 3. The van der Waals surface area contributed by atoms with E-state index in [0.717, 1.165) is 32.8 Å². The van der Waals surface area contributed by atoms with Crippen molar-refractivity contribution >= 4 is 5.69 Å². The van der Waals surface area contributed by atoms with E-state index in [2.05, 4.69) is 56.1 Å². The summed E-state index contributed by atoms with van der Waals surface area (Å²) in [5, 5.41) is 3.49. The third-order valence-electron chi connectivity index (χ3n) is 3.43. The van der Waals surface area contributed by atoms with Crippen molar-refractivity contribution in [1.29, 1.82) is 0 Å². The van der Waals surface area contributed by atoms with Gasteiger partial charge in [0.15, 0.2) is 0 Å². The van der Waals surface area contributed by atoms with Crippen molar-refractivity contribution in [3.05, 3.63) is 29.3 Å². The molecule has 114 valence electrons. The molecule has 1 aromatic carbocycles. The van der Waals surface area contributed by atoms with Gasteiger partial charge in [-0.05, 0) is 43.5 Å². The first-order valence-corrected chi connectivity index (χ1v) is 7.62. The van der Waals surface area contributed by atoms with E-state index < -0.39 is 0 Å². The van der Waals surface area contributed by atoms with Crippen molar-refractivity contribution in [1.82, 2.24) is 5.32 Å². The quantitative estimate of drug-likeness (QED) is 0.750. The predicted octanol–water partition coefficient (Wildman–Crippen LogP) is 3.21. The average molecular weight is 278 g/mol. The minimum Gasteiger partial charge on any atom is -0.383 e. The molecule has 1 N–H and O–H groups in total. The molecule has 0 unspecified atom stereocenters. The highest BCUT2D eigenvalue weighted by Gasteiger charge is 2.07. The van der Waals surface area contributed by atoms with E-state index >= 15 is 0 Å². The third kappa shape index (κ3) is 5.51. The molecule has 0 aliphatic rings. The van der Waals surface area contributed by atoms with Crippen LogP contribution in [0.2, 0.25) is 0 Å². The summed E-state index contributed by atoms with van der Waals surface area (Å²) in [6, 6.07) is 6.75. The van der Waals surface area contributed by atoms with Gasteiger partial charge in [-0.15, -0.1) is 0 Å². The van der Waals surface area contributed by atoms with Crippen molar-refractivity contribution in [2.24, 2.45) is 5.92 Å². The number of methoxy groups -OCH3 is 1. The lowest BCUT2D eigenvalue weighted by Gasteiger charge is -2.25. The minimum absolute atomic E-state index is 0.694. The molecule has 0 amide bonds. The van der Waals surface area contributed by atoms with Gasteiger partial charge in [0.2, 0.25) is 0 Å². The van der Waals surface area contributed by atoms with Crippen LogP contribution in [0.4, 0.5) is 5.69 Å². The highest BCUT2D eigenvalue weighted by atomic mass is 16.5. The molecule has 0 saturated carbocycles. The molecule has 0 heterocycles. The van der Waals surface area contributed by atoms with E-state index in [-0.39, 0.29) is 0 Å². The van der Waals surface area contributed by atoms with E-state index in [4.69, 9.17) is 4.74 Å². The number of benzene rings is 1. The fourth-order valence-electron chi connectivity index (χ4n) is 2.34. The molecule has 0 bridgehead atoms. The van der Waals surface area contributed by atoms with Gasteiger partial charge < -0.3 is 15.0 Å². The molecule has 0 spiro atoms. The number of nitrogens with zero attached hydrogens (tertiary/aromatic N) is 1. The number of nitrogens with one attached hydrogen (secondary N) is 1. The standard InChI is InChI=1S/C17H30N2O/c1-6-19(9-10-20-5)17-8-7-16(11-15(17)4)13-18-12-14(2)3/h7-8,11,14,18H,6,9-10,12-13H2,1-5H3. The maximum Gasteiger partial charge on any atom is 0.0637 e. The first-order chi connectivity index (χ1) is 9.58. The van der Waals surface area contributed by atoms with E-state index in [1.54, 1.807) is 7.11 Å². The molecule has 0 saturated heterocycles. The predicted molar refractivity (Wildman–Crippen MR) is 87.5 cm³/mol. The Bertz CT molecular complexity index is 391. The van der Waals surface area contributed by atoms with Crippen LogP contribution >= 0.6 is 0 Å². The van der Waals surface area contributed by atoms with Crippen LogP contribution in [0.3, 0.4) is 0 Å². The van der Waals surface area contributed by atoms with Crippen LogP contribution in [0, 0.1) is 12.8 Å². The zero-order valence-electron chi connectivity index (χ0n) is 13.7. The van der Waals surface area contributed by atoms with Crippen molar-refractivity contribution < 1.29 is 4.74 Å². The van der Waals surface area contributed by atoms with Crippen LogP contribution < -0.4 is 10.2 Å². The first kappa shape index (κ1) is 17.0. The molecule has 0 fully saturated rings. The molecule has 0 atom stereocenters. The molecule has 0 radical (unpaired) electrons. The summed E-state index contributed by atoms with van der Waals surface area (Å²) >= 11 is 0. The fraction of sp³-hybridized carbons (Fsp3) is 0.647. The van der Waals surface area contributed by atoms with E-state index in [0.29, 0.717) is 5.92 Å². The largest absolute Gasteiger partial charge is 0.383 e. The monoisotopic (exact) mass is 278 g/mol. The van der Waals surface area contributed by atoms with Crippen molar-refractivity contribution in [2.75, 3.05) is 38.3 Å². The molecule has 0 aliphatic heterocycles. The Labute approximate surface area is 124 Å². The molecule has 0 aliphatic carbocycles. The minimum atomic E-state index is 0.694. The maximum absolute atomic E-state index is 5.18. The zero-order valence-corrected chi connectivity index (χ0v) is 13.7. The Hall–Kier alpha value is -1.06. The average Bonchev–Trinajstić information content (AvgIpc) is 2.41. The first-order valence-electron chi connectivity index (χ1n) is 7.62. The summed E-state index contributed by atoms with van der Waals surface area (Å²) in [4.78, 5) is 2.37. The number of aryl methyl sites for hydroxylation is 1. The highest BCUT2D eigenvalue weighted by Crippen LogP contribution is 2.21. The number of hydrogen-bond donors (Lipinski definition) is 1. The fourth-order valence-corrected chi connectivity index (χ4v) is 2.34. The summed E-state index contributed by atoms with van der Waals surface area (Å²) in [6.45, 7) is 13.6. The number of anilines is 1. The number of likely N-dealkylation sites (N-methyl/N-ethyl adjacent to an activating group) is 1. The van der Waals surface area contributed by atoms with Gasteiger partial charge in [0, 0.05) is 32.4 Å². The van der Waals surface area contributed by atoms with Gasteiger partial charge in [0.05, 0.1) is 6.61 Å². The second-order valence-corrected chi connectivity index (χ2v) is 5.72. The van der Waals surface area contributed by atoms with Crippen molar-refractivity contribution in [2.45, 2.75) is 34.2 Å². The zero-order chi connectivity index (χ0) is 15.0. The highest BCUT2D eigenvalue weighted by molar-refractivity contribution is 5.54. The molecule has 3 heteroatoms. The van der Waals surface area contributed by atoms with E-state index in [1.807, 2.05) is 0 Å². The molecule has 3 nitrogen and oxygen atoms in total. The van der Waals surface area contributed by atoms with Crippen LogP contribution in [0.1, 0.15) is 31.9 Å². The maximum atomic E-state index is 5.18. The molecule has 1 aromatic rings. The van der Waals surface area contributed by atoms with Crippen molar-refractivity contribution in [3.8, 4) is 0 Å². The van der Waals surface area contributed by atoms with Crippen LogP contribution in [0.25, 0.3) is 0 Å².